The van der Waals surface area contributed by atoms with Crippen LogP contribution in [-0.2, 0) is 11.3 Å². The van der Waals surface area contributed by atoms with Crippen molar-refractivity contribution in [3.05, 3.63) is 67.3 Å². The Kier molecular flexibility index (Phi) is 5.85. The molecule has 2 heterocycles. The van der Waals surface area contributed by atoms with E-state index in [0.29, 0.717) is 34.6 Å². The highest BCUT2D eigenvalue weighted by Crippen LogP contribution is 2.33. The fourth-order valence-electron chi connectivity index (χ4n) is 3.03. The molecule has 0 aliphatic carbocycles. The highest BCUT2D eigenvalue weighted by Gasteiger charge is 2.19. The first-order chi connectivity index (χ1) is 14.7. The maximum atomic E-state index is 12.3. The molecule has 0 aliphatic rings. The van der Waals surface area contributed by atoms with Crippen molar-refractivity contribution in [3.8, 4) is 17.3 Å². The summed E-state index contributed by atoms with van der Waals surface area (Å²) in [6.07, 6.45) is 1.75. The van der Waals surface area contributed by atoms with Gasteiger partial charge in [0.05, 0.1) is 12.9 Å². The van der Waals surface area contributed by atoms with E-state index in [-0.39, 0.29) is 11.7 Å². The van der Waals surface area contributed by atoms with E-state index in [1.807, 2.05) is 59.2 Å². The first-order valence-corrected chi connectivity index (χ1v) is 10.3. The minimum Gasteiger partial charge on any atom is -0.493 e. The van der Waals surface area contributed by atoms with Gasteiger partial charge >= 0.3 is 0 Å². The summed E-state index contributed by atoms with van der Waals surface area (Å²) in [6.45, 7) is 4.30. The number of benzene rings is 2. The molecule has 2 aromatic carbocycles. The molecule has 0 aliphatic heterocycles. The van der Waals surface area contributed by atoms with Gasteiger partial charge in [-0.15, -0.1) is 16.8 Å². The van der Waals surface area contributed by atoms with E-state index in [4.69, 9.17) is 9.15 Å². The first-order valence-electron chi connectivity index (χ1n) is 9.28. The number of anilines is 1. The number of methoxy groups -OCH3 is 1. The molecule has 0 spiro atoms. The number of allylic oxidation sites excluding steroid dienone is 1. The molecule has 0 saturated heterocycles. The minimum absolute atomic E-state index is 0.116. The van der Waals surface area contributed by atoms with Crippen molar-refractivity contribution in [2.24, 2.45) is 0 Å². The molecular formula is C22H20N4O3S. The van der Waals surface area contributed by atoms with Crippen LogP contribution in [0.3, 0.4) is 0 Å². The predicted octanol–water partition coefficient (Wildman–Crippen LogP) is 4.62. The van der Waals surface area contributed by atoms with Crippen LogP contribution in [-0.4, -0.2) is 33.5 Å². The van der Waals surface area contributed by atoms with E-state index in [0.717, 1.165) is 11.1 Å². The Labute approximate surface area is 177 Å². The Morgan fingerprint density at radius 3 is 2.83 bits per heavy atom. The lowest BCUT2D eigenvalue weighted by molar-refractivity contribution is -0.113. The maximum Gasteiger partial charge on any atom is 0.234 e. The van der Waals surface area contributed by atoms with Gasteiger partial charge in [-0.2, -0.15) is 0 Å². The van der Waals surface area contributed by atoms with Crippen LogP contribution in [0.5, 0.6) is 5.75 Å². The third-order valence-corrected chi connectivity index (χ3v) is 5.33. The summed E-state index contributed by atoms with van der Waals surface area (Å²) in [5.74, 6) is 1.89. The fourth-order valence-corrected chi connectivity index (χ4v) is 3.78. The number of ether oxygens (including phenoxy) is 1. The van der Waals surface area contributed by atoms with Gasteiger partial charge in [-0.25, -0.2) is 0 Å². The smallest absolute Gasteiger partial charge is 0.234 e. The summed E-state index contributed by atoms with van der Waals surface area (Å²) in [6, 6.07) is 16.9. The van der Waals surface area contributed by atoms with Crippen LogP contribution in [0, 0.1) is 0 Å². The van der Waals surface area contributed by atoms with Gasteiger partial charge in [-0.1, -0.05) is 48.2 Å². The zero-order valence-corrected chi connectivity index (χ0v) is 17.2. The number of hydrogen-bond acceptors (Lipinski definition) is 6. The molecule has 30 heavy (non-hydrogen) atoms. The zero-order valence-electron chi connectivity index (χ0n) is 16.4. The largest absolute Gasteiger partial charge is 0.493 e. The summed E-state index contributed by atoms with van der Waals surface area (Å²) in [5.41, 5.74) is 1.41. The van der Waals surface area contributed by atoms with E-state index in [2.05, 4.69) is 22.1 Å². The fraction of sp³-hybridized carbons (Fsp3) is 0.136. The van der Waals surface area contributed by atoms with E-state index >= 15 is 0 Å². The van der Waals surface area contributed by atoms with Crippen LogP contribution in [0.2, 0.25) is 0 Å². The molecule has 0 radical (unpaired) electrons. The van der Waals surface area contributed by atoms with Gasteiger partial charge in [0.1, 0.15) is 0 Å². The lowest BCUT2D eigenvalue weighted by Gasteiger charge is -2.07. The Hall–Kier alpha value is -3.52. The predicted molar refractivity (Wildman–Crippen MR) is 118 cm³/mol. The number of rotatable bonds is 8. The maximum absolute atomic E-state index is 12.3. The van der Waals surface area contributed by atoms with Gasteiger partial charge in [-0.3, -0.25) is 9.36 Å². The SMILES string of the molecule is C=CCn1c(SCC(=O)Nc2ccccc2)nnc1-c1cc2cccc(OC)c2o1. The molecule has 4 aromatic rings. The van der Waals surface area contributed by atoms with Crippen LogP contribution < -0.4 is 10.1 Å². The van der Waals surface area contributed by atoms with Gasteiger partial charge in [0.15, 0.2) is 22.2 Å². The van der Waals surface area contributed by atoms with E-state index in [1.54, 1.807) is 13.2 Å². The molecule has 0 bridgehead atoms. The Morgan fingerprint density at radius 1 is 1.23 bits per heavy atom. The van der Waals surface area contributed by atoms with Gasteiger partial charge < -0.3 is 14.5 Å². The summed E-state index contributed by atoms with van der Waals surface area (Å²) >= 11 is 1.31. The zero-order chi connectivity index (χ0) is 20.9. The molecule has 1 amide bonds. The van der Waals surface area contributed by atoms with E-state index in [1.165, 1.54) is 11.8 Å². The molecule has 2 aromatic heterocycles. The third kappa shape index (κ3) is 4.08. The summed E-state index contributed by atoms with van der Waals surface area (Å²) in [7, 11) is 1.60. The van der Waals surface area contributed by atoms with Crippen LogP contribution in [0.1, 0.15) is 0 Å². The Morgan fingerprint density at radius 2 is 2.07 bits per heavy atom. The molecule has 7 nitrogen and oxygen atoms in total. The number of nitrogens with zero attached hydrogens (tertiary/aromatic N) is 3. The first kappa shape index (κ1) is 19.8. The van der Waals surface area contributed by atoms with Crippen molar-refractivity contribution in [2.75, 3.05) is 18.2 Å². The number of fused-ring (bicyclic) bond motifs is 1. The number of furan rings is 1. The second-order valence-electron chi connectivity index (χ2n) is 6.40. The average Bonchev–Trinajstić information content (AvgIpc) is 3.37. The standard InChI is InChI=1S/C22H20N4O3S/c1-3-12-26-21(18-13-15-8-7-11-17(28-2)20(15)29-18)24-25-22(26)30-14-19(27)23-16-9-5-4-6-10-16/h3-11,13H,1,12,14H2,2H3,(H,23,27). The second-order valence-corrected chi connectivity index (χ2v) is 7.34. The molecule has 4 rings (SSSR count). The lowest BCUT2D eigenvalue weighted by atomic mass is 10.2. The lowest BCUT2D eigenvalue weighted by Crippen LogP contribution is -2.14. The molecule has 0 saturated carbocycles. The van der Waals surface area contributed by atoms with Gasteiger partial charge in [0.2, 0.25) is 11.7 Å². The minimum atomic E-state index is -0.116. The van der Waals surface area contributed by atoms with Crippen molar-refractivity contribution >= 4 is 34.3 Å². The monoisotopic (exact) mass is 420 g/mol. The average molecular weight is 420 g/mol. The highest BCUT2D eigenvalue weighted by molar-refractivity contribution is 7.99. The number of carbonyl (C=O) groups is 1. The van der Waals surface area contributed by atoms with Crippen LogP contribution in [0.15, 0.2) is 76.8 Å². The van der Waals surface area contributed by atoms with Crippen molar-refractivity contribution in [1.29, 1.82) is 0 Å². The molecule has 0 atom stereocenters. The summed E-state index contributed by atoms with van der Waals surface area (Å²) in [4.78, 5) is 12.3. The number of para-hydroxylation sites is 2. The third-order valence-electron chi connectivity index (χ3n) is 4.37. The van der Waals surface area contributed by atoms with Crippen molar-refractivity contribution < 1.29 is 13.9 Å². The Balaban J connectivity index is 1.56. The number of nitrogens with one attached hydrogen (secondary N) is 1. The number of amides is 1. The Bertz CT molecular complexity index is 1180. The van der Waals surface area contributed by atoms with Gasteiger partial charge in [0, 0.05) is 17.6 Å². The molecule has 8 heteroatoms. The molecule has 1 N–H and O–H groups in total. The van der Waals surface area contributed by atoms with Crippen LogP contribution in [0.4, 0.5) is 5.69 Å². The van der Waals surface area contributed by atoms with Crippen LogP contribution >= 0.6 is 11.8 Å². The number of hydrogen-bond donors (Lipinski definition) is 1. The normalized spacial score (nSPS) is 10.8. The van der Waals surface area contributed by atoms with Crippen molar-refractivity contribution in [3.63, 3.8) is 0 Å². The number of carbonyl (C=O) groups excluding carboxylic acids is 1. The van der Waals surface area contributed by atoms with Gasteiger partial charge in [0.25, 0.3) is 0 Å². The molecular weight excluding hydrogens is 400 g/mol. The number of aromatic nitrogens is 3. The molecule has 152 valence electrons. The summed E-state index contributed by atoms with van der Waals surface area (Å²) in [5, 5.41) is 12.9. The topological polar surface area (TPSA) is 82.2 Å². The number of thioether (sulfide) groups is 1. The summed E-state index contributed by atoms with van der Waals surface area (Å²) < 4.78 is 13.3. The molecule has 0 unspecified atom stereocenters. The second kappa shape index (κ2) is 8.87. The molecule has 0 fully saturated rings. The van der Waals surface area contributed by atoms with Gasteiger partial charge in [-0.05, 0) is 24.3 Å². The van der Waals surface area contributed by atoms with E-state index in [9.17, 15) is 4.79 Å². The van der Waals surface area contributed by atoms with Crippen LogP contribution in [0.25, 0.3) is 22.6 Å². The van der Waals surface area contributed by atoms with Crippen molar-refractivity contribution in [1.82, 2.24) is 14.8 Å². The quantitative estimate of drug-likeness (QED) is 0.331. The van der Waals surface area contributed by atoms with Crippen molar-refractivity contribution in [2.45, 2.75) is 11.7 Å². The highest BCUT2D eigenvalue weighted by atomic mass is 32.2. The van der Waals surface area contributed by atoms with E-state index < -0.39 is 0 Å².